The fraction of sp³-hybridized carbons (Fsp3) is 0. The Hall–Kier alpha value is 1.50. The van der Waals surface area contributed by atoms with E-state index >= 15 is 0 Å². The van der Waals surface area contributed by atoms with Gasteiger partial charge in [0, 0.05) is 0 Å². The van der Waals surface area contributed by atoms with Gasteiger partial charge in [0.05, 0.1) is 0 Å². The molecule has 0 saturated heterocycles. The first-order valence-corrected chi connectivity index (χ1v) is 0.866. The molecular weight excluding hydrogens is 140 g/mol. The third-order valence-corrected chi connectivity index (χ3v) is 0. The summed E-state index contributed by atoms with van der Waals surface area (Å²) in [5, 5.41) is 0. The van der Waals surface area contributed by atoms with Gasteiger partial charge in [-0.05, 0) is 0 Å². The molecule has 0 rings (SSSR count). The predicted molar refractivity (Wildman–Crippen MR) is 27.7 cm³/mol. The minimum atomic E-state index is 0. The van der Waals surface area contributed by atoms with Gasteiger partial charge in [0.2, 0.25) is 0 Å². The molecule has 0 heterocycles. The molecule has 0 saturated carbocycles. The Morgan fingerprint density at radius 2 is 1.25 bits per heavy atom. The Balaban J connectivity index is -0.00000000500. The summed E-state index contributed by atoms with van der Waals surface area (Å²) in [6.07, 6.45) is 0. The van der Waals surface area contributed by atoms with Crippen molar-refractivity contribution in [2.24, 2.45) is 0 Å². The van der Waals surface area contributed by atoms with Crippen LogP contribution in [-0.4, -0.2) is 53.4 Å². The van der Waals surface area contributed by atoms with E-state index in [9.17, 15) is 0 Å². The quantitative estimate of drug-likeness (QED) is 0.331. The van der Waals surface area contributed by atoms with Crippen molar-refractivity contribution in [2.75, 3.05) is 0 Å². The first kappa shape index (κ1) is 17.8. The van der Waals surface area contributed by atoms with Gasteiger partial charge in [-0.25, -0.2) is 0 Å². The minimum absolute atomic E-state index is 0. The average Bonchev–Trinajstić information content (AvgIpc) is 1.00. The van der Waals surface area contributed by atoms with Crippen LogP contribution in [0.3, 0.4) is 0 Å². The van der Waals surface area contributed by atoms with Crippen LogP contribution in [0, 0.1) is 0 Å². The van der Waals surface area contributed by atoms with E-state index in [0.717, 1.165) is 0 Å². The second-order valence-electron chi connectivity index (χ2n) is 0. The van der Waals surface area contributed by atoms with Crippen LogP contribution < -0.4 is 0 Å². The summed E-state index contributed by atoms with van der Waals surface area (Å²) in [5.74, 6) is 0. The summed E-state index contributed by atoms with van der Waals surface area (Å²) in [5.41, 5.74) is 0. The van der Waals surface area contributed by atoms with Crippen LogP contribution in [-0.2, 0) is 3.80 Å². The molecule has 22 valence electrons. The molecule has 0 aromatic heterocycles. The van der Waals surface area contributed by atoms with Gasteiger partial charge in [-0.2, -0.15) is 0 Å². The number of hydrogen-bond donors (Lipinski definition) is 0. The molecular formula is H7Al2GaO. The third-order valence-electron chi connectivity index (χ3n) is 0. The Bertz CT molecular complexity index is 6.00. The summed E-state index contributed by atoms with van der Waals surface area (Å²) in [4.78, 5) is 0. The normalized spacial score (nSPS) is 0.750. The average molecular weight is 147 g/mol. The fourth-order valence-corrected chi connectivity index (χ4v) is 0. The van der Waals surface area contributed by atoms with Crippen molar-refractivity contribution in [1.29, 1.82) is 0 Å². The van der Waals surface area contributed by atoms with E-state index in [1.165, 1.54) is 0 Å². The second kappa shape index (κ2) is 24.5. The van der Waals surface area contributed by atoms with Crippen LogP contribution in [0.4, 0.5) is 0 Å². The molecule has 0 fully saturated rings. The summed E-state index contributed by atoms with van der Waals surface area (Å²) in [6.45, 7) is 0. The fourth-order valence-electron chi connectivity index (χ4n) is 0. The zero-order chi connectivity index (χ0) is 2.00. The summed E-state index contributed by atoms with van der Waals surface area (Å²) in [7, 11) is 0. The van der Waals surface area contributed by atoms with E-state index in [0.29, 0.717) is 16.2 Å². The zero-order valence-electron chi connectivity index (χ0n) is 1.12. The second-order valence-corrected chi connectivity index (χ2v) is 0. The Labute approximate surface area is 57.0 Å². The van der Waals surface area contributed by atoms with Crippen LogP contribution in [0.1, 0.15) is 0 Å². The summed E-state index contributed by atoms with van der Waals surface area (Å²) < 4.78 is 8.28. The Morgan fingerprint density at radius 3 is 1.25 bits per heavy atom. The molecule has 0 radical (unpaired) electrons. The molecule has 1 nitrogen and oxygen atoms in total. The van der Waals surface area contributed by atoms with E-state index in [-0.39, 0.29) is 37.2 Å². The first-order chi connectivity index (χ1) is 1.00. The van der Waals surface area contributed by atoms with E-state index in [1.54, 1.807) is 0 Å². The van der Waals surface area contributed by atoms with Crippen LogP contribution in [0.25, 0.3) is 0 Å². The molecule has 0 N–H and O–H groups in total. The van der Waals surface area contributed by atoms with Crippen molar-refractivity contribution < 1.29 is 3.80 Å². The molecule has 0 aliphatic rings. The Morgan fingerprint density at radius 1 is 1.25 bits per heavy atom. The standard InChI is InChI=1S/2Al.Ga.O.7H. The van der Waals surface area contributed by atoms with Crippen molar-refractivity contribution >= 4 is 53.4 Å². The first-order valence-electron chi connectivity index (χ1n) is 0.289. The summed E-state index contributed by atoms with van der Waals surface area (Å²) >= 11 is 0.611. The maximum atomic E-state index is 8.28. The summed E-state index contributed by atoms with van der Waals surface area (Å²) in [6, 6.07) is 0. The van der Waals surface area contributed by atoms with Crippen LogP contribution in [0.5, 0.6) is 0 Å². The third kappa shape index (κ3) is 9.72. The van der Waals surface area contributed by atoms with Crippen molar-refractivity contribution in [3.63, 3.8) is 0 Å². The topological polar surface area (TPSA) is 17.1 Å². The molecule has 0 aliphatic carbocycles. The number of rotatable bonds is 0. The predicted octanol–water partition coefficient (Wildman–Crippen LogP) is -3.14. The van der Waals surface area contributed by atoms with E-state index in [1.807, 2.05) is 0 Å². The molecule has 0 unspecified atom stereocenters. The van der Waals surface area contributed by atoms with E-state index < -0.39 is 0 Å². The molecule has 0 aliphatic heterocycles. The molecule has 0 aromatic rings. The molecule has 4 heavy (non-hydrogen) atoms. The van der Waals surface area contributed by atoms with Crippen LogP contribution in [0.2, 0.25) is 0 Å². The zero-order valence-corrected chi connectivity index (χ0v) is 2.53. The van der Waals surface area contributed by atoms with Gasteiger partial charge in [0.15, 0.2) is 17.4 Å². The van der Waals surface area contributed by atoms with Gasteiger partial charge in [0.25, 0.3) is 0 Å². The maximum absolute atomic E-state index is 8.28. The molecule has 0 spiro atoms. The van der Waals surface area contributed by atoms with Crippen molar-refractivity contribution in [1.82, 2.24) is 0 Å². The van der Waals surface area contributed by atoms with Gasteiger partial charge >= 0.3 is 39.8 Å². The van der Waals surface area contributed by atoms with Crippen molar-refractivity contribution in [3.8, 4) is 0 Å². The van der Waals surface area contributed by atoms with Gasteiger partial charge in [0.1, 0.15) is 0 Å². The van der Waals surface area contributed by atoms with Crippen molar-refractivity contribution in [2.45, 2.75) is 0 Å². The van der Waals surface area contributed by atoms with Gasteiger partial charge in [-0.1, -0.05) is 0 Å². The van der Waals surface area contributed by atoms with Crippen molar-refractivity contribution in [3.05, 3.63) is 0 Å². The molecule has 4 heteroatoms. The monoisotopic (exact) mass is 146 g/mol. The SMILES string of the molecule is [AlH3].[GaH3].[O]=[AlH]. The van der Waals surface area contributed by atoms with Crippen LogP contribution in [0.15, 0.2) is 0 Å². The van der Waals surface area contributed by atoms with E-state index in [2.05, 4.69) is 0 Å². The van der Waals surface area contributed by atoms with Gasteiger partial charge in [-0.3, -0.25) is 0 Å². The van der Waals surface area contributed by atoms with Gasteiger partial charge in [-0.15, -0.1) is 0 Å². The molecule has 0 atom stereocenters. The van der Waals surface area contributed by atoms with Gasteiger partial charge < -0.3 is 0 Å². The number of hydrogen-bond acceptors (Lipinski definition) is 1. The Kier molecular flexibility index (Phi) is 109. The van der Waals surface area contributed by atoms with E-state index in [4.69, 9.17) is 3.80 Å². The van der Waals surface area contributed by atoms with Crippen LogP contribution >= 0.6 is 0 Å². The molecule has 0 aromatic carbocycles. The molecule has 0 amide bonds. The molecule has 0 bridgehead atoms.